The molecule has 0 atom stereocenters. The van der Waals surface area contributed by atoms with E-state index in [1.54, 1.807) is 6.08 Å². The molecule has 3 aromatic rings. The predicted octanol–water partition coefficient (Wildman–Crippen LogP) is 5.76. The van der Waals surface area contributed by atoms with Crippen molar-refractivity contribution in [3.63, 3.8) is 0 Å². The summed E-state index contributed by atoms with van der Waals surface area (Å²) in [7, 11) is 0. The van der Waals surface area contributed by atoms with Crippen molar-refractivity contribution in [2.24, 2.45) is 16.0 Å². The molecule has 5 rings (SSSR count). The quantitative estimate of drug-likeness (QED) is 0.407. The zero-order valence-corrected chi connectivity index (χ0v) is 21.1. The standard InChI is InChI=1S/C25H22BrN5O2S/c1-15(2)24-29-31-22(27)20(23(32)28-25(31)34-24)13-16-14-30(21-6-4-3-5-19(16)21)11-12-33-18-9-7-17(26)8-10-18/h3-10,13-15,27H,11-12H2,1-2H3/b20-13+,27-22?. The van der Waals surface area contributed by atoms with E-state index in [-0.39, 0.29) is 17.3 Å². The Kier molecular flexibility index (Phi) is 6.14. The zero-order chi connectivity index (χ0) is 23.8. The van der Waals surface area contributed by atoms with Gasteiger partial charge in [0.25, 0.3) is 5.91 Å². The fraction of sp³-hybridized carbons (Fsp3) is 0.200. The van der Waals surface area contributed by atoms with E-state index >= 15 is 0 Å². The third-order valence-electron chi connectivity index (χ3n) is 5.50. The Morgan fingerprint density at radius 1 is 1.18 bits per heavy atom. The van der Waals surface area contributed by atoms with E-state index in [0.717, 1.165) is 31.7 Å². The van der Waals surface area contributed by atoms with Crippen molar-refractivity contribution < 1.29 is 9.53 Å². The highest BCUT2D eigenvalue weighted by atomic mass is 79.9. The van der Waals surface area contributed by atoms with Gasteiger partial charge in [-0.05, 0) is 48.2 Å². The molecule has 0 saturated heterocycles. The second-order valence-corrected chi connectivity index (χ2v) is 10.1. The van der Waals surface area contributed by atoms with Crippen molar-refractivity contribution in [1.29, 1.82) is 5.41 Å². The molecule has 0 saturated carbocycles. The van der Waals surface area contributed by atoms with Gasteiger partial charge in [-0.1, -0.05) is 48.0 Å². The monoisotopic (exact) mass is 535 g/mol. The van der Waals surface area contributed by atoms with Crippen molar-refractivity contribution in [2.45, 2.75) is 20.4 Å². The highest BCUT2D eigenvalue weighted by molar-refractivity contribution is 9.10. The van der Waals surface area contributed by atoms with Gasteiger partial charge in [-0.3, -0.25) is 10.2 Å². The number of para-hydroxylation sites is 1. The van der Waals surface area contributed by atoms with Crippen LogP contribution in [0.2, 0.25) is 0 Å². The highest BCUT2D eigenvalue weighted by Gasteiger charge is 2.36. The Bertz CT molecular complexity index is 1390. The molecule has 0 spiro atoms. The summed E-state index contributed by atoms with van der Waals surface area (Å²) in [6, 6.07) is 15.7. The van der Waals surface area contributed by atoms with Crippen LogP contribution in [-0.2, 0) is 11.3 Å². The van der Waals surface area contributed by atoms with E-state index in [0.29, 0.717) is 18.3 Å². The molecule has 1 amide bonds. The van der Waals surface area contributed by atoms with E-state index in [9.17, 15) is 4.79 Å². The summed E-state index contributed by atoms with van der Waals surface area (Å²) < 4.78 is 9.01. The van der Waals surface area contributed by atoms with Crippen molar-refractivity contribution in [3.8, 4) is 5.75 Å². The number of aromatic nitrogens is 1. The van der Waals surface area contributed by atoms with Crippen molar-refractivity contribution >= 4 is 66.6 Å². The van der Waals surface area contributed by atoms with Crippen LogP contribution in [0.1, 0.15) is 19.4 Å². The topological polar surface area (TPSA) is 83.0 Å². The molecule has 34 heavy (non-hydrogen) atoms. The van der Waals surface area contributed by atoms with Crippen molar-refractivity contribution in [2.75, 3.05) is 6.61 Å². The summed E-state index contributed by atoms with van der Waals surface area (Å²) in [5.74, 6) is 0.640. The fourth-order valence-electron chi connectivity index (χ4n) is 3.76. The maximum Gasteiger partial charge on any atom is 0.283 e. The summed E-state index contributed by atoms with van der Waals surface area (Å²) in [5, 5.41) is 16.9. The minimum Gasteiger partial charge on any atom is -0.492 e. The molecule has 0 aliphatic carbocycles. The first-order valence-electron chi connectivity index (χ1n) is 10.9. The van der Waals surface area contributed by atoms with E-state index < -0.39 is 5.91 Å². The molecule has 9 heteroatoms. The minimum absolute atomic E-state index is 0.0496. The van der Waals surface area contributed by atoms with Gasteiger partial charge < -0.3 is 9.30 Å². The Morgan fingerprint density at radius 2 is 1.94 bits per heavy atom. The number of rotatable bonds is 6. The molecule has 2 aromatic carbocycles. The number of halogens is 1. The molecule has 0 unspecified atom stereocenters. The van der Waals surface area contributed by atoms with Gasteiger partial charge in [-0.2, -0.15) is 15.1 Å². The summed E-state index contributed by atoms with van der Waals surface area (Å²) in [5.41, 5.74) is 2.11. The minimum atomic E-state index is -0.417. The van der Waals surface area contributed by atoms with Crippen LogP contribution in [0.25, 0.3) is 17.0 Å². The average molecular weight is 536 g/mol. The van der Waals surface area contributed by atoms with Gasteiger partial charge in [0.15, 0.2) is 5.84 Å². The number of ether oxygens (including phenoxy) is 1. The molecular weight excluding hydrogens is 514 g/mol. The molecule has 0 fully saturated rings. The predicted molar refractivity (Wildman–Crippen MR) is 141 cm³/mol. The van der Waals surface area contributed by atoms with Crippen LogP contribution in [0.3, 0.4) is 0 Å². The fourth-order valence-corrected chi connectivity index (χ4v) is 4.92. The first-order chi connectivity index (χ1) is 16.4. The maximum atomic E-state index is 12.8. The van der Waals surface area contributed by atoms with Gasteiger partial charge in [0.2, 0.25) is 5.17 Å². The van der Waals surface area contributed by atoms with Crippen molar-refractivity contribution in [3.05, 3.63) is 70.3 Å². The number of hydrogen-bond acceptors (Lipinski definition) is 5. The first-order valence-corrected chi connectivity index (χ1v) is 12.5. The van der Waals surface area contributed by atoms with E-state index in [1.165, 1.54) is 16.8 Å². The lowest BCUT2D eigenvalue weighted by molar-refractivity contribution is -0.114. The van der Waals surface area contributed by atoms with Gasteiger partial charge in [-0.25, -0.2) is 0 Å². The largest absolute Gasteiger partial charge is 0.492 e. The van der Waals surface area contributed by atoms with Crippen LogP contribution in [0, 0.1) is 11.3 Å². The number of thioether (sulfide) groups is 1. The molecule has 0 bridgehead atoms. The molecular formula is C25H22BrN5O2S. The van der Waals surface area contributed by atoms with Gasteiger partial charge in [0.1, 0.15) is 17.4 Å². The Balaban J connectivity index is 1.42. The Hall–Kier alpha value is -3.17. The number of carbonyl (C=O) groups excluding carboxylic acids is 1. The number of aliphatic imine (C=N–C) groups is 1. The first kappa shape index (κ1) is 22.6. The normalized spacial score (nSPS) is 16.9. The van der Waals surface area contributed by atoms with Gasteiger partial charge in [-0.15, -0.1) is 0 Å². The molecule has 0 radical (unpaired) electrons. The average Bonchev–Trinajstić information content (AvgIpc) is 3.40. The number of nitrogens with one attached hydrogen (secondary N) is 1. The van der Waals surface area contributed by atoms with Crippen molar-refractivity contribution in [1.82, 2.24) is 9.58 Å². The lowest BCUT2D eigenvalue weighted by Crippen LogP contribution is -2.35. The SMILES string of the molecule is CC(C)C1=NN2C(=N)/C(=C\c3cn(CCOc4ccc(Br)cc4)c4ccccc34)C(=O)N=C2S1. The molecule has 1 N–H and O–H groups in total. The third kappa shape index (κ3) is 4.33. The van der Waals surface area contributed by atoms with Crippen LogP contribution >= 0.6 is 27.7 Å². The number of amidine groups is 2. The summed E-state index contributed by atoms with van der Waals surface area (Å²) in [6.07, 6.45) is 3.73. The van der Waals surface area contributed by atoms with Crippen LogP contribution in [0.15, 0.2) is 74.9 Å². The summed E-state index contributed by atoms with van der Waals surface area (Å²) in [6.45, 7) is 5.19. The van der Waals surface area contributed by atoms with Gasteiger partial charge in [0, 0.05) is 33.1 Å². The second-order valence-electron chi connectivity index (χ2n) is 8.21. The number of amides is 1. The Morgan fingerprint density at radius 3 is 2.71 bits per heavy atom. The zero-order valence-electron chi connectivity index (χ0n) is 18.7. The van der Waals surface area contributed by atoms with Crippen LogP contribution in [0.4, 0.5) is 0 Å². The number of fused-ring (bicyclic) bond motifs is 2. The summed E-state index contributed by atoms with van der Waals surface area (Å²) in [4.78, 5) is 17.0. The lowest BCUT2D eigenvalue weighted by atomic mass is 10.1. The lowest BCUT2D eigenvalue weighted by Gasteiger charge is -2.20. The van der Waals surface area contributed by atoms with E-state index in [1.807, 2.05) is 68.6 Å². The highest BCUT2D eigenvalue weighted by Crippen LogP contribution is 2.32. The molecule has 172 valence electrons. The number of nitrogens with zero attached hydrogens (tertiary/aromatic N) is 4. The van der Waals surface area contributed by atoms with Crippen LogP contribution in [-0.4, -0.2) is 38.1 Å². The number of hydrazone groups is 1. The summed E-state index contributed by atoms with van der Waals surface area (Å²) >= 11 is 4.78. The van der Waals surface area contributed by atoms with Crippen LogP contribution in [0.5, 0.6) is 5.75 Å². The van der Waals surface area contributed by atoms with E-state index in [4.69, 9.17) is 10.1 Å². The molecule has 1 aromatic heterocycles. The smallest absolute Gasteiger partial charge is 0.283 e. The molecule has 7 nitrogen and oxygen atoms in total. The van der Waals surface area contributed by atoms with Gasteiger partial charge >= 0.3 is 0 Å². The van der Waals surface area contributed by atoms with E-state index in [2.05, 4.69) is 30.6 Å². The maximum absolute atomic E-state index is 12.8. The molecule has 2 aliphatic heterocycles. The number of hydrogen-bond donors (Lipinski definition) is 1. The van der Waals surface area contributed by atoms with Gasteiger partial charge in [0.05, 0.1) is 12.1 Å². The number of carbonyl (C=O) groups is 1. The third-order valence-corrected chi connectivity index (χ3v) is 7.24. The molecule has 2 aliphatic rings. The second kappa shape index (κ2) is 9.23. The van der Waals surface area contributed by atoms with Crippen LogP contribution < -0.4 is 4.74 Å². The number of benzene rings is 2. The Labute approximate surface area is 209 Å². The molecule has 3 heterocycles.